The van der Waals surface area contributed by atoms with E-state index in [0.29, 0.717) is 22.7 Å². The van der Waals surface area contributed by atoms with Crippen LogP contribution in [0, 0.1) is 6.92 Å². The summed E-state index contributed by atoms with van der Waals surface area (Å²) in [6, 6.07) is 1.70. The Morgan fingerprint density at radius 2 is 2.27 bits per heavy atom. The highest BCUT2D eigenvalue weighted by Crippen LogP contribution is 2.29. The van der Waals surface area contributed by atoms with E-state index in [2.05, 4.69) is 0 Å². The number of aliphatic hydroxyl groups excluding tert-OH is 2. The molecule has 0 radical (unpaired) electrons. The highest BCUT2D eigenvalue weighted by molar-refractivity contribution is 7.13. The lowest BCUT2D eigenvalue weighted by Crippen LogP contribution is -2.21. The van der Waals surface area contributed by atoms with E-state index in [4.69, 9.17) is 5.73 Å². The summed E-state index contributed by atoms with van der Waals surface area (Å²) in [6.45, 7) is 2.13. The molecule has 0 spiro atoms. The first-order chi connectivity index (χ1) is 7.10. The van der Waals surface area contributed by atoms with Crippen molar-refractivity contribution >= 4 is 17.6 Å². The maximum atomic E-state index is 10.5. The molecule has 1 rings (SSSR count). The van der Waals surface area contributed by atoms with Crippen molar-refractivity contribution in [2.24, 2.45) is 5.73 Å². The van der Waals surface area contributed by atoms with E-state index in [1.54, 1.807) is 13.0 Å². The number of carbonyl (C=O) groups excluding carboxylic acids is 1. The molecule has 1 heterocycles. The first kappa shape index (κ1) is 12.3. The zero-order valence-electron chi connectivity index (χ0n) is 8.51. The van der Waals surface area contributed by atoms with E-state index in [1.807, 2.05) is 0 Å². The molecule has 0 fully saturated rings. The number of rotatable bonds is 5. The molecule has 15 heavy (non-hydrogen) atoms. The van der Waals surface area contributed by atoms with Gasteiger partial charge in [0.2, 0.25) is 0 Å². The number of carbonyl (C=O) groups is 1. The summed E-state index contributed by atoms with van der Waals surface area (Å²) in [7, 11) is 0. The molecule has 1 aromatic rings. The second-order valence-corrected chi connectivity index (χ2v) is 4.52. The van der Waals surface area contributed by atoms with E-state index in [9.17, 15) is 15.0 Å². The molecule has 2 unspecified atom stereocenters. The van der Waals surface area contributed by atoms with Gasteiger partial charge in [0.05, 0.1) is 11.0 Å². The van der Waals surface area contributed by atoms with Crippen LogP contribution in [0.4, 0.5) is 0 Å². The van der Waals surface area contributed by atoms with Crippen LogP contribution >= 0.6 is 11.3 Å². The standard InChI is InChI=1S/C10H15NO3S/c1-6-4-7(5-12)15-10(6)9(14)8(13)2-3-11/h4-5,8-9,13-14H,2-3,11H2,1H3. The third-order valence-corrected chi connectivity index (χ3v) is 3.42. The number of hydrogen-bond donors (Lipinski definition) is 3. The Balaban J connectivity index is 2.84. The van der Waals surface area contributed by atoms with Crippen LogP contribution in [-0.2, 0) is 0 Å². The molecule has 0 aliphatic rings. The molecule has 84 valence electrons. The second kappa shape index (κ2) is 5.37. The minimum absolute atomic E-state index is 0.323. The molecule has 0 amide bonds. The Labute approximate surface area is 92.4 Å². The first-order valence-corrected chi connectivity index (χ1v) is 5.53. The van der Waals surface area contributed by atoms with Crippen molar-refractivity contribution in [1.82, 2.24) is 0 Å². The Morgan fingerprint density at radius 1 is 1.60 bits per heavy atom. The Morgan fingerprint density at radius 3 is 2.73 bits per heavy atom. The summed E-state index contributed by atoms with van der Waals surface area (Å²) in [5, 5.41) is 19.4. The number of thiophene rings is 1. The number of hydrogen-bond acceptors (Lipinski definition) is 5. The SMILES string of the molecule is Cc1cc(C=O)sc1C(O)C(O)CCN. The highest BCUT2D eigenvalue weighted by atomic mass is 32.1. The maximum absolute atomic E-state index is 10.5. The number of aldehydes is 1. The van der Waals surface area contributed by atoms with Crippen LogP contribution in [0.1, 0.15) is 32.6 Å². The number of aryl methyl sites for hydroxylation is 1. The number of nitrogens with two attached hydrogens (primary N) is 1. The zero-order chi connectivity index (χ0) is 11.4. The molecular formula is C10H15NO3S. The van der Waals surface area contributed by atoms with Gasteiger partial charge in [-0.05, 0) is 31.5 Å². The van der Waals surface area contributed by atoms with Gasteiger partial charge in [0, 0.05) is 4.88 Å². The average molecular weight is 229 g/mol. The van der Waals surface area contributed by atoms with Gasteiger partial charge in [-0.15, -0.1) is 11.3 Å². The molecule has 0 bridgehead atoms. The van der Waals surface area contributed by atoms with E-state index in [0.717, 1.165) is 11.8 Å². The van der Waals surface area contributed by atoms with Gasteiger partial charge >= 0.3 is 0 Å². The molecular weight excluding hydrogens is 214 g/mol. The minimum atomic E-state index is -0.952. The predicted molar refractivity (Wildman–Crippen MR) is 59.1 cm³/mol. The lowest BCUT2D eigenvalue weighted by molar-refractivity contribution is 0.0168. The third kappa shape index (κ3) is 2.85. The van der Waals surface area contributed by atoms with Gasteiger partial charge in [-0.25, -0.2) is 0 Å². The molecule has 2 atom stereocenters. The summed E-state index contributed by atoms with van der Waals surface area (Å²) in [6.07, 6.45) is -0.739. The molecule has 0 saturated carbocycles. The molecule has 4 nitrogen and oxygen atoms in total. The van der Waals surface area contributed by atoms with Crippen LogP contribution in [0.5, 0.6) is 0 Å². The lowest BCUT2D eigenvalue weighted by atomic mass is 10.1. The van der Waals surface area contributed by atoms with Crippen molar-refractivity contribution in [1.29, 1.82) is 0 Å². The van der Waals surface area contributed by atoms with Gasteiger partial charge in [0.15, 0.2) is 6.29 Å². The second-order valence-electron chi connectivity index (χ2n) is 3.40. The smallest absolute Gasteiger partial charge is 0.160 e. The van der Waals surface area contributed by atoms with Gasteiger partial charge in [-0.1, -0.05) is 0 Å². The molecule has 0 aliphatic carbocycles. The van der Waals surface area contributed by atoms with Crippen molar-refractivity contribution in [3.05, 3.63) is 21.4 Å². The van der Waals surface area contributed by atoms with Gasteiger partial charge in [0.1, 0.15) is 6.10 Å². The van der Waals surface area contributed by atoms with Crippen LogP contribution in [0.2, 0.25) is 0 Å². The van der Waals surface area contributed by atoms with E-state index < -0.39 is 12.2 Å². The molecule has 0 saturated heterocycles. The molecule has 0 aliphatic heterocycles. The monoisotopic (exact) mass is 229 g/mol. The fraction of sp³-hybridized carbons (Fsp3) is 0.500. The van der Waals surface area contributed by atoms with Crippen molar-refractivity contribution in [3.8, 4) is 0 Å². The Kier molecular flexibility index (Phi) is 4.41. The summed E-state index contributed by atoms with van der Waals surface area (Å²) >= 11 is 1.20. The van der Waals surface area contributed by atoms with Crippen molar-refractivity contribution < 1.29 is 15.0 Å². The maximum Gasteiger partial charge on any atom is 0.160 e. The summed E-state index contributed by atoms with van der Waals surface area (Å²) in [5.74, 6) is 0. The highest BCUT2D eigenvalue weighted by Gasteiger charge is 2.21. The molecule has 5 heteroatoms. The first-order valence-electron chi connectivity index (χ1n) is 4.71. The van der Waals surface area contributed by atoms with Gasteiger partial charge in [-0.2, -0.15) is 0 Å². The molecule has 1 aromatic heterocycles. The average Bonchev–Trinajstić information content (AvgIpc) is 2.59. The normalized spacial score (nSPS) is 14.9. The fourth-order valence-corrected chi connectivity index (χ4v) is 2.41. The van der Waals surface area contributed by atoms with Crippen molar-refractivity contribution in [2.45, 2.75) is 25.6 Å². The Bertz CT molecular complexity index is 337. The summed E-state index contributed by atoms with van der Waals surface area (Å²) in [5.41, 5.74) is 6.12. The number of aliphatic hydroxyl groups is 2. The van der Waals surface area contributed by atoms with Gasteiger partial charge in [0.25, 0.3) is 0 Å². The van der Waals surface area contributed by atoms with Gasteiger partial charge < -0.3 is 15.9 Å². The van der Waals surface area contributed by atoms with Crippen LogP contribution in [0.25, 0.3) is 0 Å². The lowest BCUT2D eigenvalue weighted by Gasteiger charge is -2.16. The summed E-state index contributed by atoms with van der Waals surface area (Å²) in [4.78, 5) is 11.7. The third-order valence-electron chi connectivity index (χ3n) is 2.19. The summed E-state index contributed by atoms with van der Waals surface area (Å²) < 4.78 is 0. The predicted octanol–water partition coefficient (Wildman–Crippen LogP) is 0.612. The molecule has 4 N–H and O–H groups in total. The largest absolute Gasteiger partial charge is 0.390 e. The van der Waals surface area contributed by atoms with Crippen LogP contribution in [0.15, 0.2) is 6.07 Å². The van der Waals surface area contributed by atoms with Gasteiger partial charge in [-0.3, -0.25) is 4.79 Å². The van der Waals surface area contributed by atoms with E-state index >= 15 is 0 Å². The van der Waals surface area contributed by atoms with Crippen molar-refractivity contribution in [3.63, 3.8) is 0 Å². The quantitative estimate of drug-likeness (QED) is 0.646. The fourth-order valence-electron chi connectivity index (χ4n) is 1.38. The minimum Gasteiger partial charge on any atom is -0.390 e. The molecule has 0 aromatic carbocycles. The van der Waals surface area contributed by atoms with Crippen molar-refractivity contribution in [2.75, 3.05) is 6.54 Å². The van der Waals surface area contributed by atoms with Crippen LogP contribution < -0.4 is 5.73 Å². The topological polar surface area (TPSA) is 83.5 Å². The van der Waals surface area contributed by atoms with E-state index in [-0.39, 0.29) is 0 Å². The van der Waals surface area contributed by atoms with Crippen LogP contribution in [-0.4, -0.2) is 29.1 Å². The zero-order valence-corrected chi connectivity index (χ0v) is 9.33. The van der Waals surface area contributed by atoms with E-state index in [1.165, 1.54) is 11.3 Å². The van der Waals surface area contributed by atoms with Crippen LogP contribution in [0.3, 0.4) is 0 Å². The Hall–Kier alpha value is -0.750.